The minimum absolute atomic E-state index is 0.0712. The van der Waals surface area contributed by atoms with Crippen LogP contribution in [0, 0.1) is 5.41 Å². The molecule has 0 aromatic carbocycles. The van der Waals surface area contributed by atoms with Gasteiger partial charge in [0.15, 0.2) is 0 Å². The van der Waals surface area contributed by atoms with E-state index in [1.165, 1.54) is 25.7 Å². The van der Waals surface area contributed by atoms with Crippen LogP contribution in [0.25, 0.3) is 0 Å². The van der Waals surface area contributed by atoms with Crippen molar-refractivity contribution < 1.29 is 4.74 Å². The summed E-state index contributed by atoms with van der Waals surface area (Å²) in [5, 5.41) is 0. The number of nitrogens with two attached hydrogens (primary N) is 1. The maximum absolute atomic E-state index is 6.19. The molecule has 102 valence electrons. The molecule has 0 amide bonds. The van der Waals surface area contributed by atoms with E-state index in [1.54, 1.807) is 0 Å². The highest BCUT2D eigenvalue weighted by Crippen LogP contribution is 2.39. The number of hydrogen-bond donors (Lipinski definition) is 2. The van der Waals surface area contributed by atoms with Crippen molar-refractivity contribution in [1.82, 2.24) is 5.43 Å². The molecule has 0 bridgehead atoms. The first kappa shape index (κ1) is 14.9. The van der Waals surface area contributed by atoms with Crippen LogP contribution in [0.15, 0.2) is 0 Å². The normalized spacial score (nSPS) is 23.1. The maximum Gasteiger partial charge on any atom is 0.0853 e. The smallest absolute Gasteiger partial charge is 0.0853 e. The Balaban J connectivity index is 2.93. The van der Waals surface area contributed by atoms with Crippen LogP contribution in [0.2, 0.25) is 0 Å². The van der Waals surface area contributed by atoms with Crippen LogP contribution in [0.3, 0.4) is 0 Å². The van der Waals surface area contributed by atoms with Gasteiger partial charge in [-0.2, -0.15) is 0 Å². The largest absolute Gasteiger partial charge is 0.374 e. The molecule has 1 rings (SSSR count). The highest BCUT2D eigenvalue weighted by atomic mass is 16.5. The average Bonchev–Trinajstić information content (AvgIpc) is 2.43. The van der Waals surface area contributed by atoms with Gasteiger partial charge >= 0.3 is 0 Å². The van der Waals surface area contributed by atoms with E-state index in [0.717, 1.165) is 19.4 Å². The Morgan fingerprint density at radius 2 is 1.71 bits per heavy atom. The predicted octanol–water partition coefficient (Wildman–Crippen LogP) is 2.99. The van der Waals surface area contributed by atoms with Crippen molar-refractivity contribution in [1.29, 1.82) is 0 Å². The Morgan fingerprint density at radius 3 is 2.06 bits per heavy atom. The van der Waals surface area contributed by atoms with Crippen molar-refractivity contribution in [2.75, 3.05) is 6.61 Å². The Bertz CT molecular complexity index is 215. The first-order valence-electron chi connectivity index (χ1n) is 7.06. The third-order valence-corrected chi connectivity index (χ3v) is 3.94. The number of hydrogen-bond acceptors (Lipinski definition) is 3. The quantitative estimate of drug-likeness (QED) is 0.452. The summed E-state index contributed by atoms with van der Waals surface area (Å²) in [6.07, 6.45) is 7.44. The van der Waals surface area contributed by atoms with Gasteiger partial charge < -0.3 is 4.74 Å². The summed E-state index contributed by atoms with van der Waals surface area (Å²) in [7, 11) is 0. The maximum atomic E-state index is 6.19. The molecule has 1 unspecified atom stereocenters. The minimum Gasteiger partial charge on any atom is -0.374 e. The molecule has 1 atom stereocenters. The zero-order chi connectivity index (χ0) is 12.9. The third-order valence-electron chi connectivity index (χ3n) is 3.94. The molecule has 3 N–H and O–H groups in total. The van der Waals surface area contributed by atoms with Crippen molar-refractivity contribution in [3.05, 3.63) is 0 Å². The van der Waals surface area contributed by atoms with Gasteiger partial charge in [0.25, 0.3) is 0 Å². The second kappa shape index (κ2) is 6.17. The monoisotopic (exact) mass is 242 g/mol. The van der Waals surface area contributed by atoms with Crippen molar-refractivity contribution in [2.24, 2.45) is 11.3 Å². The minimum atomic E-state index is -0.0712. The van der Waals surface area contributed by atoms with Crippen LogP contribution in [0.4, 0.5) is 0 Å². The molecule has 0 aromatic heterocycles. The predicted molar refractivity (Wildman–Crippen MR) is 72.6 cm³/mol. The number of hydrazine groups is 1. The van der Waals surface area contributed by atoms with Crippen LogP contribution < -0.4 is 11.3 Å². The number of ether oxygens (including phenoxy) is 1. The van der Waals surface area contributed by atoms with Gasteiger partial charge in [0.2, 0.25) is 0 Å². The van der Waals surface area contributed by atoms with Gasteiger partial charge in [0.1, 0.15) is 0 Å². The van der Waals surface area contributed by atoms with Gasteiger partial charge in [-0.05, 0) is 25.2 Å². The van der Waals surface area contributed by atoms with Gasteiger partial charge in [-0.15, -0.1) is 0 Å². The molecule has 0 heterocycles. The lowest BCUT2D eigenvalue weighted by molar-refractivity contribution is -0.101. The van der Waals surface area contributed by atoms with Crippen LogP contribution >= 0.6 is 0 Å². The van der Waals surface area contributed by atoms with E-state index in [0.29, 0.717) is 0 Å². The molecule has 3 nitrogen and oxygen atoms in total. The van der Waals surface area contributed by atoms with Gasteiger partial charge in [0, 0.05) is 6.61 Å². The van der Waals surface area contributed by atoms with Gasteiger partial charge in [0.05, 0.1) is 11.6 Å². The lowest BCUT2D eigenvalue weighted by Gasteiger charge is -2.46. The first-order valence-corrected chi connectivity index (χ1v) is 7.06. The Morgan fingerprint density at radius 1 is 1.18 bits per heavy atom. The summed E-state index contributed by atoms with van der Waals surface area (Å²) < 4.78 is 6.19. The topological polar surface area (TPSA) is 47.3 Å². The molecule has 3 heteroatoms. The van der Waals surface area contributed by atoms with Gasteiger partial charge in [-0.3, -0.25) is 11.3 Å². The molecule has 0 aromatic rings. The fourth-order valence-corrected chi connectivity index (χ4v) is 3.32. The lowest BCUT2D eigenvalue weighted by atomic mass is 9.73. The molecule has 0 spiro atoms. The van der Waals surface area contributed by atoms with E-state index in [-0.39, 0.29) is 17.1 Å². The van der Waals surface area contributed by atoms with E-state index < -0.39 is 0 Å². The second-order valence-electron chi connectivity index (χ2n) is 6.38. The summed E-state index contributed by atoms with van der Waals surface area (Å²) >= 11 is 0. The first-order chi connectivity index (χ1) is 7.96. The van der Waals surface area contributed by atoms with E-state index in [2.05, 4.69) is 33.1 Å². The summed E-state index contributed by atoms with van der Waals surface area (Å²) in [6.45, 7) is 9.58. The molecule has 1 fully saturated rings. The molecule has 1 aliphatic carbocycles. The van der Waals surface area contributed by atoms with Crippen molar-refractivity contribution in [3.63, 3.8) is 0 Å². The zero-order valence-electron chi connectivity index (χ0n) is 12.0. The second-order valence-corrected chi connectivity index (χ2v) is 6.38. The highest BCUT2D eigenvalue weighted by Gasteiger charge is 2.44. The summed E-state index contributed by atoms with van der Waals surface area (Å²) in [5.41, 5.74) is 3.09. The molecule has 0 saturated heterocycles. The van der Waals surface area contributed by atoms with Crippen molar-refractivity contribution >= 4 is 0 Å². The van der Waals surface area contributed by atoms with E-state index in [9.17, 15) is 0 Å². The molecule has 1 aliphatic rings. The van der Waals surface area contributed by atoms with Crippen LogP contribution in [-0.2, 0) is 4.74 Å². The van der Waals surface area contributed by atoms with Crippen molar-refractivity contribution in [3.8, 4) is 0 Å². The standard InChI is InChI=1S/C14H30N2O/c1-5-17-14(10-8-6-7-9-11-14)12(16-15)13(2,3)4/h12,16H,5-11,15H2,1-4H3. The Hall–Kier alpha value is -0.120. The Labute approximate surface area is 106 Å². The summed E-state index contributed by atoms with van der Waals surface area (Å²) in [4.78, 5) is 0. The molecule has 0 radical (unpaired) electrons. The van der Waals surface area contributed by atoms with Crippen LogP contribution in [0.1, 0.15) is 66.2 Å². The molecule has 0 aliphatic heterocycles. The lowest BCUT2D eigenvalue weighted by Crippen LogP contribution is -2.60. The molecular weight excluding hydrogens is 212 g/mol. The average molecular weight is 242 g/mol. The van der Waals surface area contributed by atoms with Crippen molar-refractivity contribution in [2.45, 2.75) is 77.9 Å². The summed E-state index contributed by atoms with van der Waals surface area (Å²) in [5.74, 6) is 5.83. The fraction of sp³-hybridized carbons (Fsp3) is 1.00. The Kier molecular flexibility index (Phi) is 5.42. The van der Waals surface area contributed by atoms with Gasteiger partial charge in [-0.25, -0.2) is 0 Å². The van der Waals surface area contributed by atoms with E-state index in [1.807, 2.05) is 0 Å². The number of nitrogens with one attached hydrogen (secondary N) is 1. The highest BCUT2D eigenvalue weighted by molar-refractivity contribution is 4.99. The van der Waals surface area contributed by atoms with E-state index >= 15 is 0 Å². The fourth-order valence-electron chi connectivity index (χ4n) is 3.32. The van der Waals surface area contributed by atoms with Gasteiger partial charge in [-0.1, -0.05) is 46.5 Å². The summed E-state index contributed by atoms with van der Waals surface area (Å²) in [6, 6.07) is 0.216. The molecule has 17 heavy (non-hydrogen) atoms. The number of rotatable bonds is 4. The molecular formula is C14H30N2O. The zero-order valence-corrected chi connectivity index (χ0v) is 12.0. The van der Waals surface area contributed by atoms with E-state index in [4.69, 9.17) is 10.6 Å². The van der Waals surface area contributed by atoms with Crippen LogP contribution in [0.5, 0.6) is 0 Å². The molecule has 1 saturated carbocycles. The van der Waals surface area contributed by atoms with Crippen LogP contribution in [-0.4, -0.2) is 18.2 Å². The third kappa shape index (κ3) is 3.67. The SMILES string of the molecule is CCOC1(C(NN)C(C)(C)C)CCCCCC1.